The van der Waals surface area contributed by atoms with Gasteiger partial charge in [-0.05, 0) is 49.8 Å². The van der Waals surface area contributed by atoms with Gasteiger partial charge in [-0.1, -0.05) is 51.6 Å². The van der Waals surface area contributed by atoms with Gasteiger partial charge in [-0.3, -0.25) is 0 Å². The van der Waals surface area contributed by atoms with Gasteiger partial charge in [-0.25, -0.2) is 0 Å². The lowest BCUT2D eigenvalue weighted by Gasteiger charge is -2.38. The van der Waals surface area contributed by atoms with Gasteiger partial charge in [0.25, 0.3) is 0 Å². The largest absolute Gasteiger partial charge is 0.0922 e. The maximum atomic E-state index is 2.46. The predicted octanol–water partition coefficient (Wildman–Crippen LogP) is 5.23. The first-order valence-corrected chi connectivity index (χ1v) is 8.27. The van der Waals surface area contributed by atoms with Gasteiger partial charge < -0.3 is 0 Å². The van der Waals surface area contributed by atoms with E-state index in [-0.39, 0.29) is 13.1 Å². The Morgan fingerprint density at radius 3 is 2.29 bits per heavy atom. The van der Waals surface area contributed by atoms with Crippen LogP contribution in [0.25, 0.3) is 5.57 Å². The fourth-order valence-corrected chi connectivity index (χ4v) is 5.28. The summed E-state index contributed by atoms with van der Waals surface area (Å²) in [6.07, 6.45) is 0. The summed E-state index contributed by atoms with van der Waals surface area (Å²) in [5, 5.41) is 0.282. The Kier molecular flexibility index (Phi) is 3.21. The highest BCUT2D eigenvalue weighted by Gasteiger charge is 2.42. The lowest BCUT2D eigenvalue weighted by atomic mass is 9.98. The molecule has 1 aromatic carbocycles. The molecule has 1 aliphatic carbocycles. The van der Waals surface area contributed by atoms with Crippen LogP contribution in [-0.4, -0.2) is 12.3 Å². The van der Waals surface area contributed by atoms with Crippen molar-refractivity contribution in [3.05, 3.63) is 41.0 Å². The molecule has 0 aliphatic heterocycles. The molecule has 0 heterocycles. The zero-order chi connectivity index (χ0) is 12.8. The van der Waals surface area contributed by atoms with Crippen LogP contribution >= 0.6 is 7.92 Å². The van der Waals surface area contributed by atoms with Gasteiger partial charge in [0.05, 0.1) is 0 Å². The van der Waals surface area contributed by atoms with Crippen molar-refractivity contribution in [1.29, 1.82) is 0 Å². The molecule has 0 aromatic heterocycles. The van der Waals surface area contributed by atoms with E-state index in [1.54, 1.807) is 11.1 Å². The van der Waals surface area contributed by atoms with Crippen LogP contribution in [0.15, 0.2) is 29.8 Å². The standard InChI is InChI=1S/C16H23P/c1-11(2)17(6)16(5)13(4)12(3)14-9-7-8-10-15(14)16/h7-11H,1-6H3. The maximum Gasteiger partial charge on any atom is 0.0341 e. The molecule has 0 amide bonds. The normalized spacial score (nSPS) is 25.4. The van der Waals surface area contributed by atoms with Gasteiger partial charge in [0.15, 0.2) is 0 Å². The van der Waals surface area contributed by atoms with E-state index in [9.17, 15) is 0 Å². The Morgan fingerprint density at radius 1 is 1.12 bits per heavy atom. The maximum absolute atomic E-state index is 2.46. The van der Waals surface area contributed by atoms with Crippen molar-refractivity contribution in [2.75, 3.05) is 6.66 Å². The molecule has 2 atom stereocenters. The van der Waals surface area contributed by atoms with Crippen molar-refractivity contribution < 1.29 is 0 Å². The van der Waals surface area contributed by atoms with Crippen LogP contribution in [0.2, 0.25) is 0 Å². The highest BCUT2D eigenvalue weighted by molar-refractivity contribution is 7.59. The minimum Gasteiger partial charge on any atom is -0.0922 e. The molecule has 0 fully saturated rings. The number of hydrogen-bond acceptors (Lipinski definition) is 0. The first-order chi connectivity index (χ1) is 7.90. The monoisotopic (exact) mass is 246 g/mol. The van der Waals surface area contributed by atoms with Crippen LogP contribution in [0, 0.1) is 0 Å². The highest BCUT2D eigenvalue weighted by Crippen LogP contribution is 2.64. The number of fused-ring (bicyclic) bond motifs is 1. The summed E-state index contributed by atoms with van der Waals surface area (Å²) in [7, 11) is -0.0332. The second kappa shape index (κ2) is 4.25. The Labute approximate surface area is 107 Å². The molecule has 1 heteroatoms. The minimum absolute atomic E-state index is 0.0332. The lowest BCUT2D eigenvalue weighted by molar-refractivity contribution is 0.802. The minimum atomic E-state index is -0.0332. The summed E-state index contributed by atoms with van der Waals surface area (Å²) in [4.78, 5) is 0. The molecule has 92 valence electrons. The van der Waals surface area contributed by atoms with Crippen molar-refractivity contribution in [3.63, 3.8) is 0 Å². The highest BCUT2D eigenvalue weighted by atomic mass is 31.1. The molecule has 2 unspecified atom stereocenters. The van der Waals surface area contributed by atoms with Gasteiger partial charge in [0.2, 0.25) is 0 Å². The third-order valence-corrected chi connectivity index (χ3v) is 8.16. The second-order valence-corrected chi connectivity index (χ2v) is 8.72. The van der Waals surface area contributed by atoms with Crippen LogP contribution in [0.3, 0.4) is 0 Å². The first kappa shape index (κ1) is 12.8. The number of hydrogen-bond donors (Lipinski definition) is 0. The Morgan fingerprint density at radius 2 is 1.71 bits per heavy atom. The Hall–Kier alpha value is -0.610. The molecule has 0 nitrogen and oxygen atoms in total. The molecule has 0 saturated carbocycles. The second-order valence-electron chi connectivity index (χ2n) is 5.57. The van der Waals surface area contributed by atoms with Gasteiger partial charge in [0, 0.05) is 5.16 Å². The van der Waals surface area contributed by atoms with E-state index in [1.807, 2.05) is 0 Å². The first-order valence-electron chi connectivity index (χ1n) is 6.41. The summed E-state index contributed by atoms with van der Waals surface area (Å²) >= 11 is 0. The summed E-state index contributed by atoms with van der Waals surface area (Å²) in [6.45, 7) is 14.2. The fraction of sp³-hybridized carbons (Fsp3) is 0.500. The third kappa shape index (κ3) is 1.69. The zero-order valence-corrected chi connectivity index (χ0v) is 12.7. The summed E-state index contributed by atoms with van der Waals surface area (Å²) in [5.41, 5.74) is 6.88. The molecule has 0 bridgehead atoms. The SMILES string of the molecule is CC1=C(C)C(C)(P(C)C(C)C)c2ccccc21. The van der Waals surface area contributed by atoms with Gasteiger partial charge >= 0.3 is 0 Å². The van der Waals surface area contributed by atoms with Gasteiger partial charge in [-0.15, -0.1) is 0 Å². The molecule has 0 saturated heterocycles. The van der Waals surface area contributed by atoms with E-state index in [1.165, 1.54) is 11.1 Å². The third-order valence-electron chi connectivity index (χ3n) is 4.63. The quantitative estimate of drug-likeness (QED) is 0.627. The van der Waals surface area contributed by atoms with E-state index in [4.69, 9.17) is 0 Å². The van der Waals surface area contributed by atoms with Crippen molar-refractivity contribution in [1.82, 2.24) is 0 Å². The average molecular weight is 246 g/mol. The molecule has 1 aromatic rings. The molecule has 0 spiro atoms. The van der Waals surface area contributed by atoms with Crippen LogP contribution < -0.4 is 0 Å². The van der Waals surface area contributed by atoms with Crippen LogP contribution in [-0.2, 0) is 5.16 Å². The summed E-state index contributed by atoms with van der Waals surface area (Å²) in [5.74, 6) is 0. The van der Waals surface area contributed by atoms with E-state index in [2.05, 4.69) is 65.5 Å². The molecule has 0 N–H and O–H groups in total. The van der Waals surface area contributed by atoms with Crippen molar-refractivity contribution in [3.8, 4) is 0 Å². The van der Waals surface area contributed by atoms with Crippen LogP contribution in [0.5, 0.6) is 0 Å². The number of allylic oxidation sites excluding steroid dienone is 2. The van der Waals surface area contributed by atoms with Crippen LogP contribution in [0.4, 0.5) is 0 Å². The van der Waals surface area contributed by atoms with Crippen molar-refractivity contribution in [2.45, 2.75) is 45.4 Å². The Balaban J connectivity index is 2.64. The van der Waals surface area contributed by atoms with Crippen LogP contribution in [0.1, 0.15) is 45.7 Å². The molecule has 0 radical (unpaired) electrons. The molecule has 2 rings (SSSR count). The molecule has 1 aliphatic rings. The van der Waals surface area contributed by atoms with Gasteiger partial charge in [-0.2, -0.15) is 0 Å². The topological polar surface area (TPSA) is 0 Å². The van der Waals surface area contributed by atoms with E-state index in [0.717, 1.165) is 5.66 Å². The summed E-state index contributed by atoms with van der Waals surface area (Å²) in [6, 6.07) is 8.96. The van der Waals surface area contributed by atoms with E-state index >= 15 is 0 Å². The average Bonchev–Trinajstić information content (AvgIpc) is 2.52. The lowest BCUT2D eigenvalue weighted by Crippen LogP contribution is -2.22. The van der Waals surface area contributed by atoms with Gasteiger partial charge in [0.1, 0.15) is 0 Å². The fourth-order valence-electron chi connectivity index (χ4n) is 2.97. The zero-order valence-electron chi connectivity index (χ0n) is 11.8. The van der Waals surface area contributed by atoms with Crippen molar-refractivity contribution >= 4 is 13.5 Å². The Bertz CT molecular complexity index is 470. The number of benzene rings is 1. The van der Waals surface area contributed by atoms with E-state index in [0.29, 0.717) is 0 Å². The smallest absolute Gasteiger partial charge is 0.0341 e. The molecule has 17 heavy (non-hydrogen) atoms. The molecular formula is C16H23P. The summed E-state index contributed by atoms with van der Waals surface area (Å²) < 4.78 is 0. The molecular weight excluding hydrogens is 223 g/mol. The van der Waals surface area contributed by atoms with E-state index < -0.39 is 0 Å². The predicted molar refractivity (Wildman–Crippen MR) is 80.0 cm³/mol. The number of rotatable bonds is 2. The van der Waals surface area contributed by atoms with Crippen molar-refractivity contribution in [2.24, 2.45) is 0 Å².